The van der Waals surface area contributed by atoms with Gasteiger partial charge >= 0.3 is 0 Å². The van der Waals surface area contributed by atoms with Gasteiger partial charge < -0.3 is 5.73 Å². The van der Waals surface area contributed by atoms with E-state index in [0.29, 0.717) is 11.3 Å². The zero-order valence-electron chi connectivity index (χ0n) is 8.72. The van der Waals surface area contributed by atoms with Crippen LogP contribution in [-0.4, -0.2) is 4.98 Å². The summed E-state index contributed by atoms with van der Waals surface area (Å²) in [4.78, 5) is 4.80. The Morgan fingerprint density at radius 2 is 2.06 bits per heavy atom. The third-order valence-corrected chi connectivity index (χ3v) is 4.08. The highest BCUT2D eigenvalue weighted by molar-refractivity contribution is 9.10. The lowest BCUT2D eigenvalue weighted by molar-refractivity contribution is 1.32. The van der Waals surface area contributed by atoms with Crippen LogP contribution in [0.4, 0.5) is 0 Å². The van der Waals surface area contributed by atoms with Gasteiger partial charge in [0.2, 0.25) is 0 Å². The molecule has 0 atom stereocenters. The molecule has 0 spiro atoms. The molecule has 0 fully saturated rings. The maximum Gasteiger partial charge on any atom is 0.102 e. The molecule has 3 nitrogen and oxygen atoms in total. The van der Waals surface area contributed by atoms with Crippen LogP contribution in [0.25, 0.3) is 11.3 Å². The number of nitrogens with two attached hydrogens (primary N) is 1. The van der Waals surface area contributed by atoms with Crippen molar-refractivity contribution >= 4 is 38.5 Å². The first-order valence-corrected chi connectivity index (χ1v) is 6.45. The average Bonchev–Trinajstić information content (AvgIpc) is 2.77. The van der Waals surface area contributed by atoms with Crippen LogP contribution in [0.3, 0.4) is 0 Å². The van der Waals surface area contributed by atoms with Gasteiger partial charge in [-0.15, -0.1) is 11.3 Å². The minimum Gasteiger partial charge on any atom is -0.396 e. The first kappa shape index (κ1) is 11.8. The molecule has 2 rings (SSSR count). The summed E-state index contributed by atoms with van der Waals surface area (Å²) >= 11 is 4.91. The Morgan fingerprint density at radius 1 is 1.35 bits per heavy atom. The molecule has 0 aliphatic rings. The normalized spacial score (nSPS) is 11.8. The number of hydrogen-bond acceptors (Lipinski definition) is 4. The summed E-state index contributed by atoms with van der Waals surface area (Å²) < 4.78 is 0.904. The van der Waals surface area contributed by atoms with Gasteiger partial charge in [0.1, 0.15) is 6.07 Å². The summed E-state index contributed by atoms with van der Waals surface area (Å²) in [7, 11) is 0. The van der Waals surface area contributed by atoms with Gasteiger partial charge in [0.05, 0.1) is 16.1 Å². The standard InChI is InChI=1S/C12H8BrN3S/c13-10-3-6-17-12(10)11(15)9(7-14)8-1-4-16-5-2-8/h1-6H,15H2/b11-9-. The van der Waals surface area contributed by atoms with Crippen LogP contribution >= 0.6 is 27.3 Å². The van der Waals surface area contributed by atoms with E-state index in [-0.39, 0.29) is 0 Å². The molecule has 0 aliphatic carbocycles. The van der Waals surface area contributed by atoms with E-state index in [9.17, 15) is 5.26 Å². The van der Waals surface area contributed by atoms with Crippen molar-refractivity contribution in [2.24, 2.45) is 5.73 Å². The molecule has 0 aliphatic heterocycles. The quantitative estimate of drug-likeness (QED) is 0.866. The lowest BCUT2D eigenvalue weighted by atomic mass is 10.1. The molecule has 0 saturated heterocycles. The van der Waals surface area contributed by atoms with Crippen LogP contribution in [-0.2, 0) is 0 Å². The van der Waals surface area contributed by atoms with Crippen molar-refractivity contribution in [3.8, 4) is 6.07 Å². The highest BCUT2D eigenvalue weighted by Gasteiger charge is 2.11. The molecule has 5 heteroatoms. The zero-order valence-corrected chi connectivity index (χ0v) is 11.1. The second-order valence-corrected chi connectivity index (χ2v) is 5.00. The maximum atomic E-state index is 9.22. The highest BCUT2D eigenvalue weighted by atomic mass is 79.9. The SMILES string of the molecule is N#C/C(=C(/N)c1sccc1Br)c1ccncc1. The van der Waals surface area contributed by atoms with Crippen molar-refractivity contribution in [3.05, 3.63) is 50.9 Å². The van der Waals surface area contributed by atoms with Gasteiger partial charge in [-0.1, -0.05) is 0 Å². The topological polar surface area (TPSA) is 62.7 Å². The molecule has 0 amide bonds. The van der Waals surface area contributed by atoms with Crippen molar-refractivity contribution in [1.29, 1.82) is 5.26 Å². The largest absolute Gasteiger partial charge is 0.396 e. The number of nitriles is 1. The minimum atomic E-state index is 0.468. The number of halogens is 1. The fourth-order valence-corrected chi connectivity index (χ4v) is 2.95. The molecule has 2 aromatic rings. The Kier molecular flexibility index (Phi) is 3.57. The maximum absolute atomic E-state index is 9.22. The van der Waals surface area contributed by atoms with Crippen LogP contribution in [0.1, 0.15) is 10.4 Å². The minimum absolute atomic E-state index is 0.468. The third kappa shape index (κ3) is 2.38. The fourth-order valence-electron chi connectivity index (χ4n) is 1.40. The van der Waals surface area contributed by atoms with Crippen molar-refractivity contribution in [1.82, 2.24) is 4.98 Å². The molecule has 84 valence electrons. The number of nitrogens with zero attached hydrogens (tertiary/aromatic N) is 2. The van der Waals surface area contributed by atoms with Gasteiger partial charge in [-0.25, -0.2) is 0 Å². The molecular formula is C12H8BrN3S. The zero-order chi connectivity index (χ0) is 12.3. The summed E-state index contributed by atoms with van der Waals surface area (Å²) in [5.74, 6) is 0. The molecule has 2 heterocycles. The molecule has 0 saturated carbocycles. The van der Waals surface area contributed by atoms with Gasteiger partial charge in [0, 0.05) is 16.9 Å². The van der Waals surface area contributed by atoms with Crippen molar-refractivity contribution < 1.29 is 0 Å². The Hall–Kier alpha value is -1.64. The van der Waals surface area contributed by atoms with Crippen molar-refractivity contribution in [2.75, 3.05) is 0 Å². The Bertz CT molecular complexity index is 596. The molecule has 0 bridgehead atoms. The summed E-state index contributed by atoms with van der Waals surface area (Å²) in [6, 6.07) is 7.60. The van der Waals surface area contributed by atoms with E-state index in [2.05, 4.69) is 27.0 Å². The number of allylic oxidation sites excluding steroid dienone is 1. The van der Waals surface area contributed by atoms with Gasteiger partial charge in [0.25, 0.3) is 0 Å². The summed E-state index contributed by atoms with van der Waals surface area (Å²) in [5.41, 5.74) is 7.78. The van der Waals surface area contributed by atoms with Crippen molar-refractivity contribution in [2.45, 2.75) is 0 Å². The fraction of sp³-hybridized carbons (Fsp3) is 0. The average molecular weight is 306 g/mol. The van der Waals surface area contributed by atoms with Crippen LogP contribution in [0.5, 0.6) is 0 Å². The lowest BCUT2D eigenvalue weighted by Crippen LogP contribution is -1.99. The molecule has 2 aromatic heterocycles. The van der Waals surface area contributed by atoms with E-state index in [1.165, 1.54) is 11.3 Å². The Balaban J connectivity index is 2.57. The predicted molar refractivity (Wildman–Crippen MR) is 72.9 cm³/mol. The van der Waals surface area contributed by atoms with E-state index in [1.54, 1.807) is 24.5 Å². The van der Waals surface area contributed by atoms with Crippen LogP contribution in [0.2, 0.25) is 0 Å². The first-order chi connectivity index (χ1) is 8.24. The summed E-state index contributed by atoms with van der Waals surface area (Å²) in [6.07, 6.45) is 3.28. The monoisotopic (exact) mass is 305 g/mol. The van der Waals surface area contributed by atoms with Crippen LogP contribution in [0, 0.1) is 11.3 Å². The first-order valence-electron chi connectivity index (χ1n) is 4.77. The second-order valence-electron chi connectivity index (χ2n) is 3.23. The Labute approximate surface area is 111 Å². The van der Waals surface area contributed by atoms with Gasteiger partial charge in [-0.2, -0.15) is 5.26 Å². The van der Waals surface area contributed by atoms with Crippen LogP contribution in [0.15, 0.2) is 40.4 Å². The lowest BCUT2D eigenvalue weighted by Gasteiger charge is -2.04. The van der Waals surface area contributed by atoms with Gasteiger partial charge in [-0.3, -0.25) is 4.98 Å². The molecular weight excluding hydrogens is 298 g/mol. The molecule has 17 heavy (non-hydrogen) atoms. The smallest absolute Gasteiger partial charge is 0.102 e. The van der Waals surface area contributed by atoms with Gasteiger partial charge in [-0.05, 0) is 45.1 Å². The van der Waals surface area contributed by atoms with E-state index < -0.39 is 0 Å². The Morgan fingerprint density at radius 3 is 2.59 bits per heavy atom. The number of thiophene rings is 1. The van der Waals surface area contributed by atoms with E-state index in [0.717, 1.165) is 14.9 Å². The molecule has 0 unspecified atom stereocenters. The number of pyridine rings is 1. The van der Waals surface area contributed by atoms with E-state index >= 15 is 0 Å². The predicted octanol–water partition coefficient (Wildman–Crippen LogP) is 3.26. The van der Waals surface area contributed by atoms with Crippen LogP contribution < -0.4 is 5.73 Å². The molecule has 2 N–H and O–H groups in total. The highest BCUT2D eigenvalue weighted by Crippen LogP contribution is 2.31. The molecule has 0 aromatic carbocycles. The summed E-state index contributed by atoms with van der Waals surface area (Å²) in [6.45, 7) is 0. The van der Waals surface area contributed by atoms with E-state index in [4.69, 9.17) is 5.73 Å². The second kappa shape index (κ2) is 5.13. The summed E-state index contributed by atoms with van der Waals surface area (Å²) in [5, 5.41) is 11.1. The van der Waals surface area contributed by atoms with Gasteiger partial charge in [0.15, 0.2) is 0 Å². The number of hydrogen-bond donors (Lipinski definition) is 1. The molecule has 0 radical (unpaired) electrons. The van der Waals surface area contributed by atoms with E-state index in [1.807, 2.05) is 11.4 Å². The third-order valence-electron chi connectivity index (χ3n) is 2.21. The number of aromatic nitrogens is 1. The van der Waals surface area contributed by atoms with Crippen molar-refractivity contribution in [3.63, 3.8) is 0 Å². The number of rotatable bonds is 2.